The second-order valence-electron chi connectivity index (χ2n) is 4.30. The number of nitrogens with zero attached hydrogens (tertiary/aromatic N) is 1. The van der Waals surface area contributed by atoms with E-state index >= 15 is 0 Å². The first-order valence-corrected chi connectivity index (χ1v) is 5.80. The zero-order valence-corrected chi connectivity index (χ0v) is 10.0. The van der Waals surface area contributed by atoms with Crippen LogP contribution < -0.4 is 0 Å². The van der Waals surface area contributed by atoms with Crippen molar-refractivity contribution in [1.82, 2.24) is 0 Å². The van der Waals surface area contributed by atoms with Crippen LogP contribution in [0.25, 0.3) is 0 Å². The van der Waals surface area contributed by atoms with E-state index in [1.807, 2.05) is 0 Å². The van der Waals surface area contributed by atoms with Gasteiger partial charge in [-0.25, -0.2) is 0 Å². The van der Waals surface area contributed by atoms with Gasteiger partial charge in [0.05, 0.1) is 33.1 Å². The molecule has 0 aromatic carbocycles. The lowest BCUT2D eigenvalue weighted by molar-refractivity contribution is -0.932. The third-order valence-electron chi connectivity index (χ3n) is 3.38. The van der Waals surface area contributed by atoms with Crippen molar-refractivity contribution in [2.24, 2.45) is 0 Å². The number of likely N-dealkylation sites (tertiary alicyclic amines) is 1. The van der Waals surface area contributed by atoms with Gasteiger partial charge in [0.25, 0.3) is 0 Å². The first kappa shape index (κ1) is 11.9. The number of hydrogen-bond acceptors (Lipinski definition) is 1. The predicted molar refractivity (Wildman–Crippen MR) is 60.4 cm³/mol. The molecule has 2 nitrogen and oxygen atoms in total. The number of ether oxygens (including phenoxy) is 1. The van der Waals surface area contributed by atoms with Crippen LogP contribution in [0.15, 0.2) is 12.3 Å². The number of alkyl halides is 1. The highest BCUT2D eigenvalue weighted by atomic mass is 35.5. The summed E-state index contributed by atoms with van der Waals surface area (Å²) in [4.78, 5) is 0. The molecule has 0 saturated carbocycles. The van der Waals surface area contributed by atoms with E-state index in [4.69, 9.17) is 16.3 Å². The van der Waals surface area contributed by atoms with Crippen molar-refractivity contribution in [3.8, 4) is 0 Å². The van der Waals surface area contributed by atoms with Crippen LogP contribution in [-0.4, -0.2) is 43.7 Å². The lowest BCUT2D eigenvalue weighted by Crippen LogP contribution is -2.56. The van der Waals surface area contributed by atoms with Crippen LogP contribution in [0.2, 0.25) is 0 Å². The third-order valence-corrected chi connectivity index (χ3v) is 3.55. The van der Waals surface area contributed by atoms with Crippen molar-refractivity contribution in [1.29, 1.82) is 0 Å². The van der Waals surface area contributed by atoms with Gasteiger partial charge in [-0.1, -0.05) is 6.58 Å². The molecule has 1 rings (SSSR count). The standard InChI is InChI=1S/C11H21ClNO/c1-10(14-3)11-6-4-5-8-13(11,2)9-7-12/h11H,1,4-9H2,2-3H3/q+1/t11-,13?/m1/s1. The van der Waals surface area contributed by atoms with E-state index in [0.29, 0.717) is 11.9 Å². The molecule has 82 valence electrons. The largest absolute Gasteiger partial charge is 0.495 e. The Labute approximate surface area is 92.1 Å². The van der Waals surface area contributed by atoms with Crippen LogP contribution in [0.1, 0.15) is 19.3 Å². The fourth-order valence-electron chi connectivity index (χ4n) is 2.38. The van der Waals surface area contributed by atoms with Crippen LogP contribution in [0.3, 0.4) is 0 Å². The summed E-state index contributed by atoms with van der Waals surface area (Å²) in [6.07, 6.45) is 3.75. The van der Waals surface area contributed by atoms with Gasteiger partial charge in [-0.15, -0.1) is 11.6 Å². The van der Waals surface area contributed by atoms with Crippen LogP contribution in [0.4, 0.5) is 0 Å². The second kappa shape index (κ2) is 5.04. The number of quaternary nitrogens is 1. The Bertz CT molecular complexity index is 203. The predicted octanol–water partition coefficient (Wildman–Crippen LogP) is 2.38. The highest BCUT2D eigenvalue weighted by molar-refractivity contribution is 6.17. The quantitative estimate of drug-likeness (QED) is 0.400. The van der Waals surface area contributed by atoms with Crippen molar-refractivity contribution >= 4 is 11.6 Å². The lowest BCUT2D eigenvalue weighted by atomic mass is 9.98. The van der Waals surface area contributed by atoms with Gasteiger partial charge >= 0.3 is 0 Å². The molecule has 3 heteroatoms. The Balaban J connectivity index is 2.72. The van der Waals surface area contributed by atoms with Gasteiger partial charge in [0.1, 0.15) is 11.8 Å². The van der Waals surface area contributed by atoms with Gasteiger partial charge in [-0.2, -0.15) is 0 Å². The molecule has 0 spiro atoms. The first-order valence-electron chi connectivity index (χ1n) is 5.27. The highest BCUT2D eigenvalue weighted by Crippen LogP contribution is 2.28. The van der Waals surface area contributed by atoms with Crippen LogP contribution in [-0.2, 0) is 4.74 Å². The molecule has 1 aliphatic rings. The summed E-state index contributed by atoms with van der Waals surface area (Å²) in [7, 11) is 3.97. The highest BCUT2D eigenvalue weighted by Gasteiger charge is 2.37. The topological polar surface area (TPSA) is 9.23 Å². The number of likely N-dealkylation sites (N-methyl/N-ethyl adjacent to an activating group) is 1. The normalized spacial score (nSPS) is 32.6. The Morgan fingerprint density at radius 3 is 2.86 bits per heavy atom. The van der Waals surface area contributed by atoms with E-state index < -0.39 is 0 Å². The number of rotatable bonds is 4. The van der Waals surface area contributed by atoms with Crippen molar-refractivity contribution in [3.63, 3.8) is 0 Å². The molecule has 0 N–H and O–H groups in total. The zero-order valence-electron chi connectivity index (χ0n) is 9.26. The summed E-state index contributed by atoms with van der Waals surface area (Å²) in [5, 5.41) is 0. The van der Waals surface area contributed by atoms with Gasteiger partial charge in [-0.05, 0) is 12.8 Å². The number of piperidine rings is 1. The lowest BCUT2D eigenvalue weighted by Gasteiger charge is -2.44. The SMILES string of the molecule is C=C(OC)[C@H]1CCCC[N+]1(C)CCCl. The Morgan fingerprint density at radius 2 is 2.29 bits per heavy atom. The summed E-state index contributed by atoms with van der Waals surface area (Å²) < 4.78 is 6.27. The fourth-order valence-corrected chi connectivity index (χ4v) is 2.77. The molecular weight excluding hydrogens is 198 g/mol. The summed E-state index contributed by atoms with van der Waals surface area (Å²) in [6, 6.07) is 0.438. The summed E-state index contributed by atoms with van der Waals surface area (Å²) in [5.74, 6) is 1.63. The minimum atomic E-state index is 0.438. The average molecular weight is 219 g/mol. The van der Waals surface area contributed by atoms with Crippen molar-refractivity contribution in [2.75, 3.05) is 33.1 Å². The smallest absolute Gasteiger partial charge is 0.146 e. The summed E-state index contributed by atoms with van der Waals surface area (Å²) >= 11 is 5.85. The molecule has 1 saturated heterocycles. The van der Waals surface area contributed by atoms with Crippen molar-refractivity contribution < 1.29 is 9.22 Å². The molecule has 0 aromatic rings. The minimum absolute atomic E-state index is 0.438. The number of methoxy groups -OCH3 is 1. The molecule has 0 aromatic heterocycles. The molecule has 0 aliphatic carbocycles. The van der Waals surface area contributed by atoms with Gasteiger partial charge < -0.3 is 9.22 Å². The summed E-state index contributed by atoms with van der Waals surface area (Å²) in [5.41, 5.74) is 0. The first-order chi connectivity index (χ1) is 6.64. The average Bonchev–Trinajstić information content (AvgIpc) is 2.17. The number of hydrogen-bond donors (Lipinski definition) is 0. The van der Waals surface area contributed by atoms with E-state index in [0.717, 1.165) is 16.8 Å². The molecule has 14 heavy (non-hydrogen) atoms. The minimum Gasteiger partial charge on any atom is -0.495 e. The molecule has 0 radical (unpaired) electrons. The Kier molecular flexibility index (Phi) is 4.27. The molecule has 1 heterocycles. The van der Waals surface area contributed by atoms with Crippen molar-refractivity contribution in [2.45, 2.75) is 25.3 Å². The van der Waals surface area contributed by atoms with Gasteiger partial charge in [0.15, 0.2) is 0 Å². The van der Waals surface area contributed by atoms with E-state index in [1.54, 1.807) is 7.11 Å². The maximum Gasteiger partial charge on any atom is 0.146 e. The van der Waals surface area contributed by atoms with E-state index in [9.17, 15) is 0 Å². The number of halogens is 1. The van der Waals surface area contributed by atoms with Crippen molar-refractivity contribution in [3.05, 3.63) is 12.3 Å². The molecule has 2 atom stereocenters. The van der Waals surface area contributed by atoms with Gasteiger partial charge in [0, 0.05) is 6.42 Å². The zero-order chi connectivity index (χ0) is 10.6. The fraction of sp³-hybridized carbons (Fsp3) is 0.818. The van der Waals surface area contributed by atoms with E-state index in [2.05, 4.69) is 13.6 Å². The maximum atomic E-state index is 5.85. The van der Waals surface area contributed by atoms with E-state index in [1.165, 1.54) is 25.8 Å². The van der Waals surface area contributed by atoms with Crippen LogP contribution >= 0.6 is 11.6 Å². The third kappa shape index (κ3) is 2.43. The molecule has 1 fully saturated rings. The Hall–Kier alpha value is -0.210. The Morgan fingerprint density at radius 1 is 1.57 bits per heavy atom. The molecular formula is C11H21ClNO+. The summed E-state index contributed by atoms with van der Waals surface area (Å²) in [6.45, 7) is 6.20. The van der Waals surface area contributed by atoms with E-state index in [-0.39, 0.29) is 0 Å². The molecule has 0 bridgehead atoms. The van der Waals surface area contributed by atoms with Gasteiger partial charge in [-0.3, -0.25) is 0 Å². The van der Waals surface area contributed by atoms with Gasteiger partial charge in [0.2, 0.25) is 0 Å². The monoisotopic (exact) mass is 218 g/mol. The second-order valence-corrected chi connectivity index (χ2v) is 4.68. The van der Waals surface area contributed by atoms with Crippen LogP contribution in [0, 0.1) is 0 Å². The molecule has 0 amide bonds. The van der Waals surface area contributed by atoms with Crippen LogP contribution in [0.5, 0.6) is 0 Å². The molecule has 1 aliphatic heterocycles. The molecule has 1 unspecified atom stereocenters. The maximum absolute atomic E-state index is 5.85.